The van der Waals surface area contributed by atoms with Crippen molar-refractivity contribution in [2.24, 2.45) is 11.8 Å². The molecule has 1 aromatic rings. The summed E-state index contributed by atoms with van der Waals surface area (Å²) in [6.07, 6.45) is 3.97. The fourth-order valence-electron chi connectivity index (χ4n) is 2.97. The van der Waals surface area contributed by atoms with Gasteiger partial charge in [-0.15, -0.1) is 0 Å². The topological polar surface area (TPSA) is 46.2 Å². The molecule has 0 atom stereocenters. The molecule has 0 spiro atoms. The Balaban J connectivity index is 1.49. The lowest BCUT2D eigenvalue weighted by Gasteiger charge is -2.37. The number of rotatable bonds is 6. The largest absolute Gasteiger partial charge is 0.432 e. The summed E-state index contributed by atoms with van der Waals surface area (Å²) in [7, 11) is 0. The summed E-state index contributed by atoms with van der Waals surface area (Å²) in [6, 6.07) is 3.64. The normalized spacial score (nSPS) is 29.4. The summed E-state index contributed by atoms with van der Waals surface area (Å²) in [5.41, 5.74) is 0.391. The van der Waals surface area contributed by atoms with E-state index in [9.17, 15) is 13.2 Å². The number of alkyl halides is 2. The molecule has 2 saturated heterocycles. The molecule has 5 nitrogen and oxygen atoms in total. The monoisotopic (exact) mass is 388 g/mol. The number of benzene rings is 1. The first-order valence-corrected chi connectivity index (χ1v) is 8.94. The van der Waals surface area contributed by atoms with Crippen LogP contribution in [0.15, 0.2) is 30.4 Å². The third-order valence-corrected chi connectivity index (χ3v) is 4.35. The number of halogens is 3. The standard InChI is InChI=1S/C19H23F3O5/c1-2-3-4-12-8-23-18(24-9-12)14-10-25-17(26-11-14)13-5-6-16(15(20)7-13)27-19(21)22/h3-7,12,14,17-19H,2,8-11H2,1H3/b4-3+. The van der Waals surface area contributed by atoms with Gasteiger partial charge in [-0.1, -0.05) is 25.1 Å². The number of ether oxygens (including phenoxy) is 5. The third kappa shape index (κ3) is 5.44. The fraction of sp³-hybridized carbons (Fsp3) is 0.579. The van der Waals surface area contributed by atoms with Crippen molar-refractivity contribution < 1.29 is 36.9 Å². The van der Waals surface area contributed by atoms with E-state index in [2.05, 4.69) is 23.8 Å². The smallest absolute Gasteiger partial charge is 0.387 e. The molecule has 0 aliphatic carbocycles. The van der Waals surface area contributed by atoms with Gasteiger partial charge in [-0.25, -0.2) is 4.39 Å². The van der Waals surface area contributed by atoms with E-state index in [1.165, 1.54) is 6.07 Å². The summed E-state index contributed by atoms with van der Waals surface area (Å²) in [4.78, 5) is 0. The number of hydrogen-bond donors (Lipinski definition) is 0. The Hall–Kier alpha value is -1.61. The molecule has 150 valence electrons. The van der Waals surface area contributed by atoms with Gasteiger partial charge in [-0.05, 0) is 18.6 Å². The minimum absolute atomic E-state index is 0.0939. The molecule has 2 aliphatic rings. The molecule has 1 aromatic carbocycles. The van der Waals surface area contributed by atoms with Crippen molar-refractivity contribution in [2.45, 2.75) is 32.5 Å². The summed E-state index contributed by atoms with van der Waals surface area (Å²) >= 11 is 0. The zero-order valence-electron chi connectivity index (χ0n) is 15.0. The van der Waals surface area contributed by atoms with E-state index in [0.29, 0.717) is 32.0 Å². The second-order valence-electron chi connectivity index (χ2n) is 6.46. The maximum Gasteiger partial charge on any atom is 0.387 e. The predicted octanol–water partition coefficient (Wildman–Crippen LogP) is 4.04. The van der Waals surface area contributed by atoms with Crippen molar-refractivity contribution in [1.29, 1.82) is 0 Å². The molecule has 0 saturated carbocycles. The second-order valence-corrected chi connectivity index (χ2v) is 6.46. The lowest BCUT2D eigenvalue weighted by Crippen LogP contribution is -2.42. The quantitative estimate of drug-likeness (QED) is 0.689. The van der Waals surface area contributed by atoms with E-state index < -0.39 is 30.8 Å². The zero-order valence-corrected chi connectivity index (χ0v) is 15.0. The van der Waals surface area contributed by atoms with E-state index in [-0.39, 0.29) is 11.8 Å². The molecule has 2 fully saturated rings. The highest BCUT2D eigenvalue weighted by molar-refractivity contribution is 5.30. The molecular weight excluding hydrogens is 365 g/mol. The first kappa shape index (κ1) is 20.1. The van der Waals surface area contributed by atoms with Gasteiger partial charge in [0.25, 0.3) is 0 Å². The molecule has 3 rings (SSSR count). The fourth-order valence-corrected chi connectivity index (χ4v) is 2.97. The number of allylic oxidation sites excluding steroid dienone is 1. The van der Waals surface area contributed by atoms with Gasteiger partial charge in [0.2, 0.25) is 0 Å². The van der Waals surface area contributed by atoms with Gasteiger partial charge < -0.3 is 23.7 Å². The molecule has 27 heavy (non-hydrogen) atoms. The maximum absolute atomic E-state index is 13.8. The van der Waals surface area contributed by atoms with Crippen LogP contribution in [0.3, 0.4) is 0 Å². The first-order valence-electron chi connectivity index (χ1n) is 8.94. The molecule has 2 aliphatic heterocycles. The van der Waals surface area contributed by atoms with Crippen LogP contribution in [0, 0.1) is 17.7 Å². The minimum atomic E-state index is -3.08. The van der Waals surface area contributed by atoms with Crippen molar-refractivity contribution >= 4 is 0 Å². The van der Waals surface area contributed by atoms with Gasteiger partial charge in [0.15, 0.2) is 24.1 Å². The van der Waals surface area contributed by atoms with Crippen LogP contribution in [0.2, 0.25) is 0 Å². The molecule has 2 heterocycles. The second kappa shape index (κ2) is 9.54. The molecular formula is C19H23F3O5. The van der Waals surface area contributed by atoms with Gasteiger partial charge in [-0.2, -0.15) is 8.78 Å². The van der Waals surface area contributed by atoms with E-state index in [1.54, 1.807) is 0 Å². The Bertz CT molecular complexity index is 624. The molecule has 0 radical (unpaired) electrons. The molecule has 0 bridgehead atoms. The minimum Gasteiger partial charge on any atom is -0.432 e. The Morgan fingerprint density at radius 2 is 1.81 bits per heavy atom. The lowest BCUT2D eigenvalue weighted by atomic mass is 10.1. The summed E-state index contributed by atoms with van der Waals surface area (Å²) < 4.78 is 65.1. The van der Waals surface area contributed by atoms with Crippen molar-refractivity contribution in [3.05, 3.63) is 41.7 Å². The summed E-state index contributed by atoms with van der Waals surface area (Å²) in [5, 5.41) is 0. The van der Waals surface area contributed by atoms with Crippen molar-refractivity contribution in [3.63, 3.8) is 0 Å². The zero-order chi connectivity index (χ0) is 19.2. The van der Waals surface area contributed by atoms with Gasteiger partial charge in [0.1, 0.15) is 0 Å². The molecule has 0 amide bonds. The van der Waals surface area contributed by atoms with Crippen LogP contribution in [0.4, 0.5) is 13.2 Å². The number of hydrogen-bond acceptors (Lipinski definition) is 5. The van der Waals surface area contributed by atoms with E-state index in [4.69, 9.17) is 18.9 Å². The Kier molecular flexibility index (Phi) is 7.12. The highest BCUT2D eigenvalue weighted by Gasteiger charge is 2.34. The van der Waals surface area contributed by atoms with Gasteiger partial charge in [-0.3, -0.25) is 0 Å². The van der Waals surface area contributed by atoms with Gasteiger partial charge in [0.05, 0.1) is 32.3 Å². The van der Waals surface area contributed by atoms with Gasteiger partial charge >= 0.3 is 6.61 Å². The van der Waals surface area contributed by atoms with Crippen LogP contribution < -0.4 is 4.74 Å². The highest BCUT2D eigenvalue weighted by atomic mass is 19.3. The summed E-state index contributed by atoms with van der Waals surface area (Å²) in [5.74, 6) is -1.26. The van der Waals surface area contributed by atoms with E-state index in [1.807, 2.05) is 0 Å². The van der Waals surface area contributed by atoms with E-state index in [0.717, 1.165) is 18.6 Å². The third-order valence-electron chi connectivity index (χ3n) is 4.35. The predicted molar refractivity (Wildman–Crippen MR) is 89.8 cm³/mol. The van der Waals surface area contributed by atoms with Crippen LogP contribution in [0.1, 0.15) is 25.2 Å². The lowest BCUT2D eigenvalue weighted by molar-refractivity contribution is -0.280. The molecule has 0 unspecified atom stereocenters. The molecule has 0 aromatic heterocycles. The SMILES string of the molecule is CC/C=C/C1COC(C2COC(c3ccc(OC(F)F)c(F)c3)OC2)OC1. The van der Waals surface area contributed by atoms with Crippen LogP contribution in [0.25, 0.3) is 0 Å². The van der Waals surface area contributed by atoms with Crippen LogP contribution in [-0.2, 0) is 18.9 Å². The first-order chi connectivity index (χ1) is 13.1. The van der Waals surface area contributed by atoms with E-state index >= 15 is 0 Å². The van der Waals surface area contributed by atoms with Crippen molar-refractivity contribution in [3.8, 4) is 5.75 Å². The van der Waals surface area contributed by atoms with Crippen LogP contribution >= 0.6 is 0 Å². The molecule has 0 N–H and O–H groups in total. The molecule has 8 heteroatoms. The highest BCUT2D eigenvalue weighted by Crippen LogP contribution is 2.31. The maximum atomic E-state index is 13.8. The van der Waals surface area contributed by atoms with Crippen LogP contribution in [-0.4, -0.2) is 39.3 Å². The Morgan fingerprint density at radius 3 is 2.41 bits per heavy atom. The Morgan fingerprint density at radius 1 is 1.11 bits per heavy atom. The average molecular weight is 388 g/mol. The average Bonchev–Trinajstić information content (AvgIpc) is 2.68. The van der Waals surface area contributed by atoms with Crippen molar-refractivity contribution in [1.82, 2.24) is 0 Å². The van der Waals surface area contributed by atoms with Crippen LogP contribution in [0.5, 0.6) is 5.75 Å². The van der Waals surface area contributed by atoms with Crippen molar-refractivity contribution in [2.75, 3.05) is 26.4 Å². The Labute approximate surface area is 156 Å². The summed E-state index contributed by atoms with van der Waals surface area (Å²) in [6.45, 7) is 0.794. The van der Waals surface area contributed by atoms with Gasteiger partial charge in [0, 0.05) is 11.5 Å².